The van der Waals surface area contributed by atoms with Gasteiger partial charge >= 0.3 is 0 Å². The van der Waals surface area contributed by atoms with E-state index in [9.17, 15) is 9.18 Å². The van der Waals surface area contributed by atoms with Crippen molar-refractivity contribution in [2.45, 2.75) is 32.9 Å². The molecule has 3 rings (SSSR count). The number of aryl methyl sites for hydroxylation is 1. The van der Waals surface area contributed by atoms with E-state index in [2.05, 4.69) is 19.9 Å². The fourth-order valence-corrected chi connectivity index (χ4v) is 3.19. The number of thiazole rings is 1. The van der Waals surface area contributed by atoms with Gasteiger partial charge in [-0.3, -0.25) is 9.36 Å². The van der Waals surface area contributed by atoms with Gasteiger partial charge in [-0.1, -0.05) is 0 Å². The lowest BCUT2D eigenvalue weighted by Crippen LogP contribution is -2.14. The number of nitrogens with zero attached hydrogens (tertiary/aromatic N) is 5. The number of rotatable bonds is 4. The van der Waals surface area contributed by atoms with E-state index in [1.54, 1.807) is 18.5 Å². The zero-order valence-corrected chi connectivity index (χ0v) is 14.3. The molecule has 0 spiro atoms. The molecule has 0 amide bonds. The van der Waals surface area contributed by atoms with E-state index in [1.807, 2.05) is 6.92 Å². The van der Waals surface area contributed by atoms with Gasteiger partial charge in [0.1, 0.15) is 11.3 Å². The van der Waals surface area contributed by atoms with Crippen molar-refractivity contribution in [3.05, 3.63) is 47.5 Å². The van der Waals surface area contributed by atoms with E-state index in [0.29, 0.717) is 10.7 Å². The topological polar surface area (TPSA) is 73.6 Å². The molecule has 0 fully saturated rings. The van der Waals surface area contributed by atoms with Gasteiger partial charge in [0.05, 0.1) is 22.7 Å². The van der Waals surface area contributed by atoms with Crippen LogP contribution in [0.15, 0.2) is 31.0 Å². The fourth-order valence-electron chi connectivity index (χ4n) is 2.16. The molecule has 6 nitrogen and oxygen atoms in total. The molecule has 3 heterocycles. The van der Waals surface area contributed by atoms with Crippen molar-refractivity contribution >= 4 is 17.2 Å². The summed E-state index contributed by atoms with van der Waals surface area (Å²) < 4.78 is 15.5. The lowest BCUT2D eigenvalue weighted by Gasteiger charge is -2.12. The molecule has 0 aromatic carbocycles. The van der Waals surface area contributed by atoms with Crippen molar-refractivity contribution in [3.8, 4) is 10.6 Å². The number of carbonyl (C=O) groups is 1. The Balaban J connectivity index is 1.88. The van der Waals surface area contributed by atoms with Crippen molar-refractivity contribution in [1.29, 1.82) is 0 Å². The van der Waals surface area contributed by atoms with Crippen LogP contribution in [-0.2, 0) is 12.1 Å². The smallest absolute Gasteiger partial charge is 0.238 e. The summed E-state index contributed by atoms with van der Waals surface area (Å²) in [5.74, 6) is 0.0184. The molecule has 3 aromatic rings. The molecular formula is C16H16FN5OS. The normalized spacial score (nSPS) is 11.7. The molecule has 0 radical (unpaired) electrons. The number of halogens is 1. The molecule has 0 aliphatic carbocycles. The Morgan fingerprint density at radius 3 is 2.79 bits per heavy atom. The van der Waals surface area contributed by atoms with Crippen molar-refractivity contribution in [2.24, 2.45) is 0 Å². The van der Waals surface area contributed by atoms with Gasteiger partial charge in [-0.15, -0.1) is 11.3 Å². The molecule has 8 heteroatoms. The summed E-state index contributed by atoms with van der Waals surface area (Å²) >= 11 is 1.38. The highest BCUT2D eigenvalue weighted by molar-refractivity contribution is 7.15. The zero-order chi connectivity index (χ0) is 17.3. The van der Waals surface area contributed by atoms with Crippen LogP contribution in [0.5, 0.6) is 0 Å². The maximum Gasteiger partial charge on any atom is 0.238 e. The first-order valence-electron chi connectivity index (χ1n) is 7.35. The Hall–Kier alpha value is -2.48. The van der Waals surface area contributed by atoms with Gasteiger partial charge in [0.2, 0.25) is 5.91 Å². The summed E-state index contributed by atoms with van der Waals surface area (Å²) in [6, 6.07) is 1.72. The zero-order valence-electron chi connectivity index (χ0n) is 13.5. The molecule has 0 aliphatic rings. The fraction of sp³-hybridized carbons (Fsp3) is 0.312. The van der Waals surface area contributed by atoms with E-state index in [0.717, 1.165) is 10.6 Å². The second kappa shape index (κ2) is 6.20. The summed E-state index contributed by atoms with van der Waals surface area (Å²) in [6.45, 7) is 4.68. The first-order valence-corrected chi connectivity index (χ1v) is 8.16. The minimum Gasteiger partial charge on any atom is -0.276 e. The van der Waals surface area contributed by atoms with Crippen LogP contribution >= 0.6 is 11.3 Å². The minimum atomic E-state index is -1.62. The van der Waals surface area contributed by atoms with E-state index < -0.39 is 5.67 Å². The largest absolute Gasteiger partial charge is 0.276 e. The molecule has 24 heavy (non-hydrogen) atoms. The van der Waals surface area contributed by atoms with Crippen molar-refractivity contribution < 1.29 is 9.18 Å². The van der Waals surface area contributed by atoms with Crippen LogP contribution in [0.25, 0.3) is 10.6 Å². The molecule has 3 aromatic heterocycles. The molecule has 0 saturated heterocycles. The van der Waals surface area contributed by atoms with Crippen LogP contribution in [0, 0.1) is 6.92 Å². The first kappa shape index (κ1) is 16.4. The average Bonchev–Trinajstić information content (AvgIpc) is 3.16. The van der Waals surface area contributed by atoms with Crippen LogP contribution in [0.3, 0.4) is 0 Å². The van der Waals surface area contributed by atoms with Crippen LogP contribution in [0.2, 0.25) is 0 Å². The predicted octanol–water partition coefficient (Wildman–Crippen LogP) is 3.19. The third-order valence-electron chi connectivity index (χ3n) is 3.36. The van der Waals surface area contributed by atoms with Gasteiger partial charge in [0.15, 0.2) is 11.5 Å². The van der Waals surface area contributed by atoms with E-state index in [-0.39, 0.29) is 18.2 Å². The molecule has 0 N–H and O–H groups in total. The number of carbonyl (C=O) groups excluding carboxylic acids is 1. The molecule has 0 unspecified atom stereocenters. The monoisotopic (exact) mass is 345 g/mol. The van der Waals surface area contributed by atoms with Gasteiger partial charge < -0.3 is 0 Å². The summed E-state index contributed by atoms with van der Waals surface area (Å²) in [4.78, 5) is 29.5. The van der Waals surface area contributed by atoms with Gasteiger partial charge in [0.25, 0.3) is 0 Å². The van der Waals surface area contributed by atoms with Gasteiger partial charge in [-0.05, 0) is 26.8 Å². The molecular weight excluding hydrogens is 329 g/mol. The number of aromatic nitrogens is 5. The minimum absolute atomic E-state index is 0.110. The Morgan fingerprint density at radius 1 is 1.33 bits per heavy atom. The molecule has 0 aliphatic heterocycles. The highest BCUT2D eigenvalue weighted by atomic mass is 32.1. The quantitative estimate of drug-likeness (QED) is 0.726. The molecule has 0 atom stereocenters. The predicted molar refractivity (Wildman–Crippen MR) is 88.6 cm³/mol. The second-order valence-corrected chi connectivity index (χ2v) is 6.88. The average molecular weight is 345 g/mol. The highest BCUT2D eigenvalue weighted by Crippen LogP contribution is 2.30. The lowest BCUT2D eigenvalue weighted by molar-refractivity contribution is 0.0914. The number of alkyl halides is 1. The Kier molecular flexibility index (Phi) is 4.23. The SMILES string of the molecule is Cc1nc(CC(=O)n2ccnc2)sc1-c1ccnc(C(C)(C)F)n1. The van der Waals surface area contributed by atoms with Gasteiger partial charge in [-0.25, -0.2) is 24.3 Å². The highest BCUT2D eigenvalue weighted by Gasteiger charge is 2.23. The van der Waals surface area contributed by atoms with E-state index in [1.165, 1.54) is 42.3 Å². The van der Waals surface area contributed by atoms with E-state index in [4.69, 9.17) is 0 Å². The van der Waals surface area contributed by atoms with Crippen LogP contribution in [0.1, 0.15) is 35.2 Å². The van der Waals surface area contributed by atoms with Crippen molar-refractivity contribution in [2.75, 3.05) is 0 Å². The Morgan fingerprint density at radius 2 is 2.12 bits per heavy atom. The van der Waals surface area contributed by atoms with Crippen LogP contribution in [0.4, 0.5) is 4.39 Å². The summed E-state index contributed by atoms with van der Waals surface area (Å²) in [5.41, 5.74) is -0.244. The third kappa shape index (κ3) is 3.38. The molecule has 124 valence electrons. The molecule has 0 bridgehead atoms. The van der Waals surface area contributed by atoms with Gasteiger partial charge in [-0.2, -0.15) is 0 Å². The Labute approximate surface area is 142 Å². The number of hydrogen-bond acceptors (Lipinski definition) is 6. The maximum absolute atomic E-state index is 14.1. The summed E-state index contributed by atoms with van der Waals surface area (Å²) in [7, 11) is 0. The molecule has 0 saturated carbocycles. The first-order chi connectivity index (χ1) is 11.3. The maximum atomic E-state index is 14.1. The Bertz CT molecular complexity index is 867. The standard InChI is InChI=1S/C16H16FN5OS/c1-10-14(11-4-5-19-15(21-11)16(2,3)17)24-12(20-10)8-13(23)22-7-6-18-9-22/h4-7,9H,8H2,1-3H3. The van der Waals surface area contributed by atoms with Crippen LogP contribution < -0.4 is 0 Å². The van der Waals surface area contributed by atoms with Crippen LogP contribution in [-0.4, -0.2) is 30.4 Å². The van der Waals surface area contributed by atoms with Crippen molar-refractivity contribution in [1.82, 2.24) is 24.5 Å². The van der Waals surface area contributed by atoms with E-state index >= 15 is 0 Å². The van der Waals surface area contributed by atoms with Crippen molar-refractivity contribution in [3.63, 3.8) is 0 Å². The summed E-state index contributed by atoms with van der Waals surface area (Å²) in [6.07, 6.45) is 6.33. The number of imidazole rings is 1. The number of hydrogen-bond donors (Lipinski definition) is 0. The second-order valence-electron chi connectivity index (χ2n) is 5.80. The summed E-state index contributed by atoms with van der Waals surface area (Å²) in [5, 5.41) is 0.681. The third-order valence-corrected chi connectivity index (χ3v) is 4.54. The van der Waals surface area contributed by atoms with Gasteiger partial charge in [0, 0.05) is 18.6 Å². The lowest BCUT2D eigenvalue weighted by atomic mass is 10.1.